The monoisotopic (exact) mass is 382 g/mol. The van der Waals surface area contributed by atoms with Gasteiger partial charge < -0.3 is 9.80 Å². The van der Waals surface area contributed by atoms with E-state index in [9.17, 15) is 9.59 Å². The van der Waals surface area contributed by atoms with E-state index in [0.29, 0.717) is 48.8 Å². The summed E-state index contributed by atoms with van der Waals surface area (Å²) in [5.41, 5.74) is 4.38. The van der Waals surface area contributed by atoms with Crippen molar-refractivity contribution in [3.05, 3.63) is 28.2 Å². The van der Waals surface area contributed by atoms with E-state index in [1.165, 1.54) is 0 Å². The van der Waals surface area contributed by atoms with Gasteiger partial charge in [-0.3, -0.25) is 9.59 Å². The molecule has 0 aromatic heterocycles. The van der Waals surface area contributed by atoms with E-state index in [-0.39, 0.29) is 11.8 Å². The van der Waals surface area contributed by atoms with Crippen LogP contribution in [-0.2, 0) is 9.59 Å². The number of rotatable bonds is 4. The third-order valence-electron chi connectivity index (χ3n) is 4.51. The summed E-state index contributed by atoms with van der Waals surface area (Å²) in [6.07, 6.45) is 2.13. The summed E-state index contributed by atoms with van der Waals surface area (Å²) in [6.45, 7) is 2.89. The molecule has 2 aliphatic heterocycles. The molecule has 0 atom stereocenters. The Bertz CT molecular complexity index is 700. The molecule has 2 aliphatic rings. The number of anilines is 1. The van der Waals surface area contributed by atoms with Crippen molar-refractivity contribution in [2.45, 2.75) is 25.7 Å². The first-order chi connectivity index (χ1) is 12.0. The molecule has 2 amide bonds. The number of halogens is 2. The number of hydrazone groups is 1. The van der Waals surface area contributed by atoms with Crippen LogP contribution in [0.3, 0.4) is 0 Å². The number of benzene rings is 1. The zero-order valence-corrected chi connectivity index (χ0v) is 15.3. The van der Waals surface area contributed by atoms with Crippen LogP contribution in [0.1, 0.15) is 25.7 Å². The summed E-state index contributed by atoms with van der Waals surface area (Å²) in [6, 6.07) is 5.60. The highest BCUT2D eigenvalue weighted by atomic mass is 35.5. The minimum absolute atomic E-state index is 0.0616. The Labute approximate surface area is 156 Å². The lowest BCUT2D eigenvalue weighted by Gasteiger charge is -2.36. The van der Waals surface area contributed by atoms with E-state index in [1.807, 2.05) is 17.0 Å². The molecule has 0 aliphatic carbocycles. The summed E-state index contributed by atoms with van der Waals surface area (Å²) < 4.78 is 0. The average Bonchev–Trinajstić information content (AvgIpc) is 2.63. The standard InChI is InChI=1S/C17H20Cl2N4O2/c18-14-4-3-13(11-15(14)19)22-7-9-23(10-8-22)17(25)6-2-12-1-5-16(24)21-20-12/h3-4,11H,1-2,5-10H2,(H,21,24). The van der Waals surface area contributed by atoms with Gasteiger partial charge in [-0.25, -0.2) is 5.43 Å². The fraction of sp³-hybridized carbons (Fsp3) is 0.471. The van der Waals surface area contributed by atoms with Gasteiger partial charge in [0.2, 0.25) is 11.8 Å². The molecule has 25 heavy (non-hydrogen) atoms. The number of hydrogen-bond donors (Lipinski definition) is 1. The Morgan fingerprint density at radius 2 is 1.88 bits per heavy atom. The molecule has 1 N–H and O–H groups in total. The lowest BCUT2D eigenvalue weighted by molar-refractivity contribution is -0.131. The van der Waals surface area contributed by atoms with Crippen molar-refractivity contribution in [1.82, 2.24) is 10.3 Å². The predicted molar refractivity (Wildman–Crippen MR) is 99.3 cm³/mol. The van der Waals surface area contributed by atoms with Gasteiger partial charge in [0.1, 0.15) is 0 Å². The molecule has 3 rings (SSSR count). The maximum Gasteiger partial charge on any atom is 0.240 e. The summed E-state index contributed by atoms with van der Waals surface area (Å²) in [5, 5.41) is 5.09. The maximum absolute atomic E-state index is 12.4. The predicted octanol–water partition coefficient (Wildman–Crippen LogP) is 2.69. The van der Waals surface area contributed by atoms with Gasteiger partial charge in [-0.05, 0) is 31.0 Å². The number of hydrogen-bond acceptors (Lipinski definition) is 4. The minimum Gasteiger partial charge on any atom is -0.368 e. The second kappa shape index (κ2) is 8.06. The van der Waals surface area contributed by atoms with Crippen molar-refractivity contribution >= 4 is 46.4 Å². The van der Waals surface area contributed by atoms with Gasteiger partial charge in [0.05, 0.1) is 10.0 Å². The third-order valence-corrected chi connectivity index (χ3v) is 5.25. The molecule has 8 heteroatoms. The quantitative estimate of drug-likeness (QED) is 0.870. The zero-order valence-electron chi connectivity index (χ0n) is 13.8. The molecule has 1 aromatic rings. The van der Waals surface area contributed by atoms with Crippen LogP contribution in [0.4, 0.5) is 5.69 Å². The Morgan fingerprint density at radius 3 is 2.52 bits per heavy atom. The molecule has 0 spiro atoms. The van der Waals surface area contributed by atoms with E-state index < -0.39 is 0 Å². The minimum atomic E-state index is -0.0616. The molecular formula is C17H20Cl2N4O2. The SMILES string of the molecule is O=C1CCC(CCC(=O)N2CCN(c3ccc(Cl)c(Cl)c3)CC2)=NN1. The summed E-state index contributed by atoms with van der Waals surface area (Å²) >= 11 is 12.0. The fourth-order valence-corrected chi connectivity index (χ4v) is 3.29. The normalized spacial score (nSPS) is 18.0. The molecule has 0 bridgehead atoms. The molecule has 1 fully saturated rings. The molecule has 134 valence electrons. The first-order valence-corrected chi connectivity index (χ1v) is 9.10. The molecule has 0 radical (unpaired) electrons. The molecule has 1 saturated heterocycles. The smallest absolute Gasteiger partial charge is 0.240 e. The fourth-order valence-electron chi connectivity index (χ4n) is 3.00. The zero-order chi connectivity index (χ0) is 17.8. The Kier molecular flexibility index (Phi) is 5.81. The highest BCUT2D eigenvalue weighted by Gasteiger charge is 2.22. The van der Waals surface area contributed by atoms with Crippen molar-refractivity contribution in [1.29, 1.82) is 0 Å². The Balaban J connectivity index is 1.47. The molecular weight excluding hydrogens is 363 g/mol. The summed E-state index contributed by atoms with van der Waals surface area (Å²) in [4.78, 5) is 27.5. The van der Waals surface area contributed by atoms with E-state index in [0.717, 1.165) is 24.5 Å². The number of nitrogens with zero attached hydrogens (tertiary/aromatic N) is 3. The lowest BCUT2D eigenvalue weighted by atomic mass is 10.1. The van der Waals surface area contributed by atoms with Crippen LogP contribution >= 0.6 is 23.2 Å². The maximum atomic E-state index is 12.4. The van der Waals surface area contributed by atoms with Crippen molar-refractivity contribution in [2.24, 2.45) is 5.10 Å². The van der Waals surface area contributed by atoms with Gasteiger partial charge in [0.15, 0.2) is 0 Å². The van der Waals surface area contributed by atoms with Crippen molar-refractivity contribution in [3.8, 4) is 0 Å². The van der Waals surface area contributed by atoms with Crippen LogP contribution in [0.25, 0.3) is 0 Å². The molecule has 6 nitrogen and oxygen atoms in total. The molecule has 0 saturated carbocycles. The van der Waals surface area contributed by atoms with Crippen LogP contribution in [0.2, 0.25) is 10.0 Å². The third kappa shape index (κ3) is 4.64. The topological polar surface area (TPSA) is 65.0 Å². The molecule has 2 heterocycles. The van der Waals surface area contributed by atoms with E-state index in [2.05, 4.69) is 15.4 Å². The van der Waals surface area contributed by atoms with Crippen molar-refractivity contribution in [3.63, 3.8) is 0 Å². The largest absolute Gasteiger partial charge is 0.368 e. The second-order valence-corrected chi connectivity index (χ2v) is 6.99. The highest BCUT2D eigenvalue weighted by Crippen LogP contribution is 2.27. The molecule has 0 unspecified atom stereocenters. The number of amides is 2. The number of carbonyl (C=O) groups excluding carboxylic acids is 2. The van der Waals surface area contributed by atoms with Gasteiger partial charge in [-0.15, -0.1) is 0 Å². The van der Waals surface area contributed by atoms with Gasteiger partial charge in [0.25, 0.3) is 0 Å². The molecule has 1 aromatic carbocycles. The lowest BCUT2D eigenvalue weighted by Crippen LogP contribution is -2.48. The van der Waals surface area contributed by atoms with Gasteiger partial charge >= 0.3 is 0 Å². The first-order valence-electron chi connectivity index (χ1n) is 8.35. The van der Waals surface area contributed by atoms with E-state index in [4.69, 9.17) is 23.2 Å². The Hall–Kier alpha value is -1.79. The van der Waals surface area contributed by atoms with Gasteiger partial charge in [0, 0.05) is 50.4 Å². The Morgan fingerprint density at radius 1 is 1.12 bits per heavy atom. The highest BCUT2D eigenvalue weighted by molar-refractivity contribution is 6.42. The number of piperazine rings is 1. The van der Waals surface area contributed by atoms with E-state index >= 15 is 0 Å². The average molecular weight is 383 g/mol. The first kappa shape index (κ1) is 18.0. The summed E-state index contributed by atoms with van der Waals surface area (Å²) in [5.74, 6) is 0.0712. The van der Waals surface area contributed by atoms with Gasteiger partial charge in [-0.2, -0.15) is 5.10 Å². The van der Waals surface area contributed by atoms with Crippen molar-refractivity contribution in [2.75, 3.05) is 31.1 Å². The van der Waals surface area contributed by atoms with Crippen LogP contribution in [-0.4, -0.2) is 48.6 Å². The van der Waals surface area contributed by atoms with Crippen LogP contribution in [0, 0.1) is 0 Å². The number of carbonyl (C=O) groups is 2. The van der Waals surface area contributed by atoms with Crippen LogP contribution in [0.15, 0.2) is 23.3 Å². The van der Waals surface area contributed by atoms with E-state index in [1.54, 1.807) is 6.07 Å². The number of nitrogens with one attached hydrogen (secondary N) is 1. The van der Waals surface area contributed by atoms with Gasteiger partial charge in [-0.1, -0.05) is 23.2 Å². The van der Waals surface area contributed by atoms with Crippen LogP contribution in [0.5, 0.6) is 0 Å². The summed E-state index contributed by atoms with van der Waals surface area (Å²) in [7, 11) is 0. The van der Waals surface area contributed by atoms with Crippen molar-refractivity contribution < 1.29 is 9.59 Å². The van der Waals surface area contributed by atoms with Crippen LogP contribution < -0.4 is 10.3 Å². The second-order valence-electron chi connectivity index (χ2n) is 6.18.